The standard InChI is InChI=1S/C27H36N10O/c1-18(16-36-6-4-5-28-36)27(38)37-17-21-13-22(37)12-20(21)14-23-29-24(30-25-11-19(2)32-33-25)15-26(31-23)35-9-7-34(3)8-10-35/h4-6,11,15,20-22H,1,7-10,12-14,16-17H2,2-3H3,(H2,29,30,31,32,33). The summed E-state index contributed by atoms with van der Waals surface area (Å²) in [6.07, 6.45) is 6.42. The number of nitrogens with one attached hydrogen (secondary N) is 2. The molecule has 5 heterocycles. The summed E-state index contributed by atoms with van der Waals surface area (Å²) in [5.74, 6) is 4.32. The molecule has 3 atom stereocenters. The number of aryl methyl sites for hydroxylation is 1. The molecule has 3 aromatic heterocycles. The largest absolute Gasteiger partial charge is 0.354 e. The summed E-state index contributed by atoms with van der Waals surface area (Å²) in [7, 11) is 2.16. The van der Waals surface area contributed by atoms with Crippen LogP contribution in [0.15, 0.2) is 42.7 Å². The molecule has 2 N–H and O–H groups in total. The fourth-order valence-corrected chi connectivity index (χ4v) is 6.10. The first-order valence-corrected chi connectivity index (χ1v) is 13.5. The second kappa shape index (κ2) is 10.2. The molecule has 1 saturated carbocycles. The molecule has 3 unspecified atom stereocenters. The zero-order valence-electron chi connectivity index (χ0n) is 22.2. The summed E-state index contributed by atoms with van der Waals surface area (Å²) in [5.41, 5.74) is 1.58. The topological polar surface area (TPSA) is 111 Å². The molecule has 2 bridgehead atoms. The molecular formula is C27H36N10O. The number of hydrogen-bond acceptors (Lipinski definition) is 8. The number of likely N-dealkylation sites (N-methyl/N-ethyl adjacent to an activating group) is 1. The van der Waals surface area contributed by atoms with Crippen LogP contribution in [0.25, 0.3) is 0 Å². The Morgan fingerprint density at radius 2 is 2.00 bits per heavy atom. The van der Waals surface area contributed by atoms with Crippen LogP contribution in [0.3, 0.4) is 0 Å². The molecular weight excluding hydrogens is 480 g/mol. The van der Waals surface area contributed by atoms with Gasteiger partial charge in [0.25, 0.3) is 5.91 Å². The number of rotatable bonds is 8. The van der Waals surface area contributed by atoms with E-state index in [2.05, 4.69) is 44.0 Å². The van der Waals surface area contributed by atoms with E-state index in [-0.39, 0.29) is 11.9 Å². The van der Waals surface area contributed by atoms with Crippen LogP contribution in [-0.4, -0.2) is 91.5 Å². The van der Waals surface area contributed by atoms with Gasteiger partial charge in [-0.3, -0.25) is 14.6 Å². The van der Waals surface area contributed by atoms with Crippen molar-refractivity contribution >= 4 is 23.4 Å². The Balaban J connectivity index is 1.14. The number of aromatic amines is 1. The molecule has 11 heteroatoms. The smallest absolute Gasteiger partial charge is 0.251 e. The van der Waals surface area contributed by atoms with E-state index >= 15 is 0 Å². The van der Waals surface area contributed by atoms with Crippen molar-refractivity contribution < 1.29 is 4.79 Å². The van der Waals surface area contributed by atoms with Crippen LogP contribution < -0.4 is 10.2 Å². The Morgan fingerprint density at radius 1 is 1.16 bits per heavy atom. The number of nitrogens with zero attached hydrogens (tertiary/aromatic N) is 8. The van der Waals surface area contributed by atoms with E-state index in [9.17, 15) is 4.79 Å². The minimum atomic E-state index is 0.0561. The summed E-state index contributed by atoms with van der Waals surface area (Å²) in [5, 5.41) is 14.9. The van der Waals surface area contributed by atoms with E-state index in [1.54, 1.807) is 10.9 Å². The fraction of sp³-hybridized carbons (Fsp3) is 0.519. The number of piperidine rings is 1. The molecule has 1 aliphatic carbocycles. The number of likely N-dealkylation sites (tertiary alicyclic amines) is 1. The maximum absolute atomic E-state index is 13.1. The van der Waals surface area contributed by atoms with Crippen LogP contribution >= 0.6 is 0 Å². The van der Waals surface area contributed by atoms with Crippen LogP contribution in [0, 0.1) is 18.8 Å². The molecule has 11 nitrogen and oxygen atoms in total. The van der Waals surface area contributed by atoms with E-state index < -0.39 is 0 Å². The van der Waals surface area contributed by atoms with Crippen molar-refractivity contribution in [2.75, 3.05) is 50.0 Å². The van der Waals surface area contributed by atoms with Crippen molar-refractivity contribution in [3.8, 4) is 0 Å². The van der Waals surface area contributed by atoms with Gasteiger partial charge < -0.3 is 20.0 Å². The molecule has 3 aliphatic rings. The van der Waals surface area contributed by atoms with Crippen LogP contribution in [-0.2, 0) is 17.8 Å². The molecule has 1 amide bonds. The highest BCUT2D eigenvalue weighted by Crippen LogP contribution is 2.44. The SMILES string of the molecule is C=C(Cn1cccn1)C(=O)N1CC2CC1CC2Cc1nc(Nc2cc(C)[nH]n2)cc(N2CCN(C)CC2)n1. The fourth-order valence-electron chi connectivity index (χ4n) is 6.10. The molecule has 200 valence electrons. The molecule has 2 aliphatic heterocycles. The van der Waals surface area contributed by atoms with E-state index in [1.807, 2.05) is 36.2 Å². The van der Waals surface area contributed by atoms with Gasteiger partial charge in [0.1, 0.15) is 17.5 Å². The molecule has 6 rings (SSSR count). The normalized spacial score (nSPS) is 23.3. The van der Waals surface area contributed by atoms with Gasteiger partial charge in [0.05, 0.1) is 6.54 Å². The second-order valence-corrected chi connectivity index (χ2v) is 11.0. The third-order valence-corrected chi connectivity index (χ3v) is 8.16. The molecule has 3 fully saturated rings. The van der Waals surface area contributed by atoms with Crippen molar-refractivity contribution in [1.82, 2.24) is 39.7 Å². The molecule has 2 saturated heterocycles. The third-order valence-electron chi connectivity index (χ3n) is 8.16. The van der Waals surface area contributed by atoms with Crippen molar-refractivity contribution in [3.05, 3.63) is 54.3 Å². The number of anilines is 3. The van der Waals surface area contributed by atoms with Gasteiger partial charge in [0, 0.05) is 81.0 Å². The van der Waals surface area contributed by atoms with Gasteiger partial charge in [0.15, 0.2) is 5.82 Å². The van der Waals surface area contributed by atoms with Gasteiger partial charge >= 0.3 is 0 Å². The summed E-state index contributed by atoms with van der Waals surface area (Å²) in [6, 6.07) is 6.12. The first-order chi connectivity index (χ1) is 18.4. The van der Waals surface area contributed by atoms with Crippen molar-refractivity contribution in [2.24, 2.45) is 11.8 Å². The Kier molecular flexibility index (Phi) is 6.61. The Labute approximate surface area is 222 Å². The monoisotopic (exact) mass is 516 g/mol. The number of fused-ring (bicyclic) bond motifs is 2. The molecule has 0 spiro atoms. The number of carbonyl (C=O) groups excluding carboxylic acids is 1. The van der Waals surface area contributed by atoms with Gasteiger partial charge in [-0.05, 0) is 44.7 Å². The number of amides is 1. The highest BCUT2D eigenvalue weighted by molar-refractivity contribution is 5.93. The summed E-state index contributed by atoms with van der Waals surface area (Å²) >= 11 is 0. The Hall–Kier alpha value is -3.73. The highest BCUT2D eigenvalue weighted by Gasteiger charge is 2.46. The minimum absolute atomic E-state index is 0.0561. The molecule has 0 radical (unpaired) electrons. The van der Waals surface area contributed by atoms with Crippen molar-refractivity contribution in [1.29, 1.82) is 0 Å². The highest BCUT2D eigenvalue weighted by atomic mass is 16.2. The van der Waals surface area contributed by atoms with Crippen LogP contribution in [0.2, 0.25) is 0 Å². The van der Waals surface area contributed by atoms with Crippen molar-refractivity contribution in [3.63, 3.8) is 0 Å². The van der Waals surface area contributed by atoms with Crippen LogP contribution in [0.4, 0.5) is 17.5 Å². The van der Waals surface area contributed by atoms with Gasteiger partial charge in [0.2, 0.25) is 0 Å². The predicted molar refractivity (Wildman–Crippen MR) is 145 cm³/mol. The van der Waals surface area contributed by atoms with E-state index in [0.717, 1.165) is 81.0 Å². The van der Waals surface area contributed by atoms with E-state index in [4.69, 9.17) is 9.97 Å². The lowest BCUT2D eigenvalue weighted by Crippen LogP contribution is -2.45. The zero-order chi connectivity index (χ0) is 26.2. The summed E-state index contributed by atoms with van der Waals surface area (Å²) < 4.78 is 1.75. The van der Waals surface area contributed by atoms with Crippen LogP contribution in [0.1, 0.15) is 24.4 Å². The lowest BCUT2D eigenvalue weighted by molar-refractivity contribution is -0.129. The van der Waals surface area contributed by atoms with Crippen LogP contribution in [0.5, 0.6) is 0 Å². The average molecular weight is 517 g/mol. The second-order valence-electron chi connectivity index (χ2n) is 11.0. The first kappa shape index (κ1) is 24.6. The van der Waals surface area contributed by atoms with Gasteiger partial charge in [-0.25, -0.2) is 9.97 Å². The van der Waals surface area contributed by atoms with E-state index in [1.165, 1.54) is 0 Å². The molecule has 3 aromatic rings. The van der Waals surface area contributed by atoms with Gasteiger partial charge in [-0.2, -0.15) is 10.2 Å². The first-order valence-electron chi connectivity index (χ1n) is 13.5. The lowest BCUT2D eigenvalue weighted by Gasteiger charge is -2.34. The Bertz CT molecular complexity index is 1290. The number of piperazine rings is 1. The lowest BCUT2D eigenvalue weighted by atomic mass is 9.91. The zero-order valence-corrected chi connectivity index (χ0v) is 22.2. The van der Waals surface area contributed by atoms with E-state index in [0.29, 0.717) is 24.0 Å². The number of H-pyrrole nitrogens is 1. The quantitative estimate of drug-likeness (QED) is 0.439. The minimum Gasteiger partial charge on any atom is -0.354 e. The average Bonchev–Trinajstić information content (AvgIpc) is 3.70. The van der Waals surface area contributed by atoms with Crippen molar-refractivity contribution in [2.45, 2.75) is 38.8 Å². The molecule has 38 heavy (non-hydrogen) atoms. The summed E-state index contributed by atoms with van der Waals surface area (Å²) in [6.45, 7) is 11.2. The molecule has 0 aromatic carbocycles. The number of aromatic nitrogens is 6. The maximum atomic E-state index is 13.1. The predicted octanol–water partition coefficient (Wildman–Crippen LogP) is 2.24. The van der Waals surface area contributed by atoms with Gasteiger partial charge in [-0.15, -0.1) is 0 Å². The Morgan fingerprint density at radius 3 is 2.68 bits per heavy atom. The third kappa shape index (κ3) is 5.15. The number of hydrogen-bond donors (Lipinski definition) is 2. The summed E-state index contributed by atoms with van der Waals surface area (Å²) in [4.78, 5) is 29.8. The maximum Gasteiger partial charge on any atom is 0.251 e. The van der Waals surface area contributed by atoms with Gasteiger partial charge in [-0.1, -0.05) is 6.58 Å². The number of carbonyl (C=O) groups is 1.